The van der Waals surface area contributed by atoms with E-state index < -0.39 is 29.8 Å². The molecule has 3 aromatic carbocycles. The van der Waals surface area contributed by atoms with E-state index in [1.807, 2.05) is 41.4 Å². The first kappa shape index (κ1) is 22.2. The van der Waals surface area contributed by atoms with E-state index in [-0.39, 0.29) is 18.5 Å². The van der Waals surface area contributed by atoms with Crippen molar-refractivity contribution in [2.75, 3.05) is 24.9 Å². The Morgan fingerprint density at radius 3 is 2.38 bits per heavy atom. The third-order valence-corrected chi connectivity index (χ3v) is 8.17. The second kappa shape index (κ2) is 8.10. The quantitative estimate of drug-likeness (QED) is 0.381. The van der Waals surface area contributed by atoms with Crippen LogP contribution in [0.3, 0.4) is 0 Å². The molecular formula is C30H22N2O7. The summed E-state index contributed by atoms with van der Waals surface area (Å²) in [5.41, 5.74) is 2.69. The Morgan fingerprint density at radius 2 is 1.49 bits per heavy atom. The van der Waals surface area contributed by atoms with Gasteiger partial charge in [-0.25, -0.2) is 4.90 Å². The molecule has 5 aliphatic heterocycles. The summed E-state index contributed by atoms with van der Waals surface area (Å²) in [5, 5.41) is 0. The number of anilines is 1. The highest BCUT2D eigenvalue weighted by Gasteiger charge is 2.64. The van der Waals surface area contributed by atoms with Crippen LogP contribution in [0.4, 0.5) is 5.69 Å². The summed E-state index contributed by atoms with van der Waals surface area (Å²) >= 11 is 0. The van der Waals surface area contributed by atoms with Crippen LogP contribution in [0.2, 0.25) is 0 Å². The number of benzene rings is 3. The Labute approximate surface area is 223 Å². The normalized spacial score (nSPS) is 25.4. The molecule has 2 fully saturated rings. The van der Waals surface area contributed by atoms with Crippen LogP contribution in [0.15, 0.2) is 66.9 Å². The van der Waals surface area contributed by atoms with Gasteiger partial charge in [-0.3, -0.25) is 14.4 Å². The highest BCUT2D eigenvalue weighted by Crippen LogP contribution is 2.54. The minimum absolute atomic E-state index is 0.0896. The number of ether oxygens (including phenoxy) is 4. The molecule has 9 nitrogen and oxygen atoms in total. The number of Topliss-reactive ketones (excluding diaryl/α,β-unsaturated/α-hetero) is 1. The minimum atomic E-state index is -0.872. The molecule has 4 atom stereocenters. The summed E-state index contributed by atoms with van der Waals surface area (Å²) in [6.07, 6.45) is 3.77. The first-order chi connectivity index (χ1) is 19.1. The summed E-state index contributed by atoms with van der Waals surface area (Å²) in [5.74, 6) is -0.488. The maximum absolute atomic E-state index is 14.2. The molecule has 0 aliphatic carbocycles. The molecule has 4 unspecified atom stereocenters. The van der Waals surface area contributed by atoms with Gasteiger partial charge in [-0.1, -0.05) is 24.3 Å². The van der Waals surface area contributed by atoms with Crippen molar-refractivity contribution in [1.82, 2.24) is 4.90 Å². The van der Waals surface area contributed by atoms with Crippen LogP contribution in [-0.4, -0.2) is 48.5 Å². The molecule has 0 N–H and O–H groups in total. The van der Waals surface area contributed by atoms with Gasteiger partial charge in [0.1, 0.15) is 19.3 Å². The molecule has 0 bridgehead atoms. The predicted octanol–water partition coefficient (Wildman–Crippen LogP) is 3.58. The molecule has 8 rings (SSSR count). The first-order valence-corrected chi connectivity index (χ1v) is 12.9. The van der Waals surface area contributed by atoms with Crippen LogP contribution >= 0.6 is 0 Å². The number of imide groups is 1. The van der Waals surface area contributed by atoms with Crippen molar-refractivity contribution < 1.29 is 33.3 Å². The molecule has 0 radical (unpaired) electrons. The smallest absolute Gasteiger partial charge is 0.240 e. The number of fused-ring (bicyclic) bond motifs is 7. The number of carbonyl (C=O) groups excluding carboxylic acids is 3. The standard InChI is InChI=1S/C30H22N2O7/c33-28(17-5-7-21-22(13-17)39-15-38-21)27-25-24(26-19-4-2-1-3-16(19)9-10-31(26)27)29(34)32(30(25)35)18-6-8-20-23(14-18)37-12-11-36-20/h1-10,13-14,24-27H,11-12,15H2. The Bertz CT molecular complexity index is 1610. The lowest BCUT2D eigenvalue weighted by atomic mass is 9.83. The molecular weight excluding hydrogens is 500 g/mol. The van der Waals surface area contributed by atoms with E-state index in [2.05, 4.69) is 0 Å². The number of carbonyl (C=O) groups is 3. The average Bonchev–Trinajstić information content (AvgIpc) is 3.65. The van der Waals surface area contributed by atoms with E-state index in [0.29, 0.717) is 47.5 Å². The van der Waals surface area contributed by atoms with Crippen LogP contribution < -0.4 is 23.8 Å². The van der Waals surface area contributed by atoms with Crippen molar-refractivity contribution in [2.45, 2.75) is 12.1 Å². The van der Waals surface area contributed by atoms with Gasteiger partial charge in [0.2, 0.25) is 18.6 Å². The zero-order valence-electron chi connectivity index (χ0n) is 20.6. The number of ketones is 1. The summed E-state index contributed by atoms with van der Waals surface area (Å²) in [7, 11) is 0. The third kappa shape index (κ3) is 3.10. The summed E-state index contributed by atoms with van der Waals surface area (Å²) in [6, 6.07) is 16.5. The van der Waals surface area contributed by atoms with Crippen molar-refractivity contribution >= 4 is 29.4 Å². The summed E-state index contributed by atoms with van der Waals surface area (Å²) in [4.78, 5) is 45.5. The average molecular weight is 523 g/mol. The SMILES string of the molecule is O=C(c1ccc2c(c1)OCO2)C1C2C(=O)N(c3ccc4c(c3)OCCO4)C(=O)C2C2c3ccccc3C=CN12. The molecule has 0 aromatic heterocycles. The topological polar surface area (TPSA) is 94.6 Å². The molecule has 3 aromatic rings. The van der Waals surface area contributed by atoms with Crippen LogP contribution in [-0.2, 0) is 9.59 Å². The summed E-state index contributed by atoms with van der Waals surface area (Å²) < 4.78 is 22.2. The largest absolute Gasteiger partial charge is 0.486 e. The fraction of sp³-hybridized carbons (Fsp3) is 0.233. The van der Waals surface area contributed by atoms with Crippen LogP contribution in [0, 0.1) is 11.8 Å². The highest BCUT2D eigenvalue weighted by atomic mass is 16.7. The molecule has 39 heavy (non-hydrogen) atoms. The van der Waals surface area contributed by atoms with E-state index in [0.717, 1.165) is 11.1 Å². The predicted molar refractivity (Wildman–Crippen MR) is 138 cm³/mol. The number of nitrogens with zero attached hydrogens (tertiary/aromatic N) is 2. The second-order valence-corrected chi connectivity index (χ2v) is 10.1. The number of hydrogen-bond donors (Lipinski definition) is 0. The lowest BCUT2D eigenvalue weighted by molar-refractivity contribution is -0.123. The molecule has 0 spiro atoms. The fourth-order valence-corrected chi connectivity index (χ4v) is 6.50. The van der Waals surface area contributed by atoms with Gasteiger partial charge in [-0.15, -0.1) is 0 Å². The van der Waals surface area contributed by atoms with Gasteiger partial charge < -0.3 is 23.8 Å². The van der Waals surface area contributed by atoms with Gasteiger partial charge in [-0.05, 0) is 47.5 Å². The van der Waals surface area contributed by atoms with E-state index in [1.54, 1.807) is 36.4 Å². The van der Waals surface area contributed by atoms with Crippen molar-refractivity contribution in [1.29, 1.82) is 0 Å². The van der Waals surface area contributed by atoms with Gasteiger partial charge >= 0.3 is 0 Å². The van der Waals surface area contributed by atoms with E-state index >= 15 is 0 Å². The highest BCUT2D eigenvalue weighted by molar-refractivity contribution is 6.24. The van der Waals surface area contributed by atoms with Gasteiger partial charge in [0, 0.05) is 17.8 Å². The van der Waals surface area contributed by atoms with E-state index in [9.17, 15) is 14.4 Å². The van der Waals surface area contributed by atoms with Crippen molar-refractivity contribution in [2.24, 2.45) is 11.8 Å². The van der Waals surface area contributed by atoms with Crippen LogP contribution in [0.25, 0.3) is 6.08 Å². The zero-order chi connectivity index (χ0) is 26.2. The van der Waals surface area contributed by atoms with Crippen LogP contribution in [0.5, 0.6) is 23.0 Å². The summed E-state index contributed by atoms with van der Waals surface area (Å²) in [6.45, 7) is 0.911. The number of rotatable bonds is 3. The molecule has 2 amide bonds. The number of hydrogen-bond acceptors (Lipinski definition) is 8. The van der Waals surface area contributed by atoms with E-state index in [4.69, 9.17) is 18.9 Å². The molecule has 2 saturated heterocycles. The molecule has 5 aliphatic rings. The second-order valence-electron chi connectivity index (χ2n) is 10.1. The fourth-order valence-electron chi connectivity index (χ4n) is 6.50. The minimum Gasteiger partial charge on any atom is -0.486 e. The zero-order valence-corrected chi connectivity index (χ0v) is 20.6. The molecule has 9 heteroatoms. The molecule has 5 heterocycles. The molecule has 0 saturated carbocycles. The van der Waals surface area contributed by atoms with Crippen LogP contribution in [0.1, 0.15) is 27.5 Å². The lowest BCUT2D eigenvalue weighted by Gasteiger charge is -2.35. The Morgan fingerprint density at radius 1 is 0.769 bits per heavy atom. The van der Waals surface area contributed by atoms with Crippen molar-refractivity contribution in [3.05, 3.63) is 83.6 Å². The van der Waals surface area contributed by atoms with E-state index in [1.165, 1.54) is 4.90 Å². The van der Waals surface area contributed by atoms with Crippen molar-refractivity contribution in [3.8, 4) is 23.0 Å². The first-order valence-electron chi connectivity index (χ1n) is 12.9. The lowest BCUT2D eigenvalue weighted by Crippen LogP contribution is -2.44. The van der Waals surface area contributed by atoms with Gasteiger partial charge in [0.25, 0.3) is 0 Å². The maximum Gasteiger partial charge on any atom is 0.240 e. The third-order valence-electron chi connectivity index (χ3n) is 8.17. The molecule has 194 valence electrons. The van der Waals surface area contributed by atoms with Gasteiger partial charge in [0.15, 0.2) is 28.8 Å². The van der Waals surface area contributed by atoms with Gasteiger partial charge in [0.05, 0.1) is 23.6 Å². The number of amides is 2. The Balaban J connectivity index is 1.24. The van der Waals surface area contributed by atoms with Gasteiger partial charge in [-0.2, -0.15) is 0 Å². The Hall–Kier alpha value is -4.79. The maximum atomic E-state index is 14.2. The van der Waals surface area contributed by atoms with Crippen molar-refractivity contribution in [3.63, 3.8) is 0 Å². The Kier molecular flexibility index (Phi) is 4.62. The monoisotopic (exact) mass is 522 g/mol.